The average molecular weight is 184 g/mol. The van der Waals surface area contributed by atoms with Gasteiger partial charge in [-0.3, -0.25) is 0 Å². The van der Waals surface area contributed by atoms with Gasteiger partial charge in [0.15, 0.2) is 0 Å². The number of amides is 2. The van der Waals surface area contributed by atoms with Crippen molar-refractivity contribution < 1.29 is 4.79 Å². The van der Waals surface area contributed by atoms with Crippen LogP contribution in [0.15, 0.2) is 4.99 Å². The third-order valence-electron chi connectivity index (χ3n) is 1.91. The van der Waals surface area contributed by atoms with Gasteiger partial charge in [-0.1, -0.05) is 39.0 Å². The van der Waals surface area contributed by atoms with Crippen molar-refractivity contribution in [2.45, 2.75) is 51.9 Å². The molecular weight excluding hydrogens is 164 g/mol. The summed E-state index contributed by atoms with van der Waals surface area (Å²) < 4.78 is 0. The molecule has 0 spiro atoms. The van der Waals surface area contributed by atoms with Crippen LogP contribution in [0.2, 0.25) is 0 Å². The van der Waals surface area contributed by atoms with Crippen molar-refractivity contribution in [2.75, 3.05) is 0 Å². The van der Waals surface area contributed by atoms with Crippen molar-refractivity contribution in [3.05, 3.63) is 0 Å². The Balaban J connectivity index is 3.03. The molecule has 0 atom stereocenters. The second-order valence-electron chi connectivity index (χ2n) is 3.21. The van der Waals surface area contributed by atoms with Gasteiger partial charge in [0.05, 0.1) is 0 Å². The molecule has 2 amide bonds. The maximum atomic E-state index is 10.2. The van der Waals surface area contributed by atoms with Crippen LogP contribution in [-0.4, -0.2) is 12.2 Å². The van der Waals surface area contributed by atoms with Gasteiger partial charge in [0, 0.05) is 6.21 Å². The molecule has 0 aromatic carbocycles. The highest BCUT2D eigenvalue weighted by Gasteiger charge is 1.88. The summed E-state index contributed by atoms with van der Waals surface area (Å²) in [6, 6.07) is -0.592. The number of primary amides is 1. The third-order valence-corrected chi connectivity index (χ3v) is 1.91. The lowest BCUT2D eigenvalue weighted by Crippen LogP contribution is -2.03. The van der Waals surface area contributed by atoms with E-state index in [1.54, 1.807) is 6.21 Å². The molecular formula is C10H20N2O. The molecule has 0 radical (unpaired) electrons. The quantitative estimate of drug-likeness (QED) is 0.480. The Morgan fingerprint density at radius 1 is 1.23 bits per heavy atom. The molecule has 0 aromatic rings. The maximum absolute atomic E-state index is 10.2. The summed E-state index contributed by atoms with van der Waals surface area (Å²) in [5.41, 5.74) is 4.84. The van der Waals surface area contributed by atoms with Crippen LogP contribution in [0, 0.1) is 0 Å². The predicted molar refractivity (Wildman–Crippen MR) is 56.1 cm³/mol. The van der Waals surface area contributed by atoms with Crippen LogP contribution < -0.4 is 5.73 Å². The van der Waals surface area contributed by atoms with Gasteiger partial charge >= 0.3 is 6.03 Å². The topological polar surface area (TPSA) is 55.4 Å². The lowest BCUT2D eigenvalue weighted by atomic mass is 10.1. The molecule has 3 nitrogen and oxygen atoms in total. The smallest absolute Gasteiger partial charge is 0.337 e. The number of aliphatic imine (C=N–C) groups is 1. The molecule has 0 heterocycles. The molecule has 0 aliphatic heterocycles. The molecule has 0 saturated carbocycles. The normalized spacial score (nSPS) is 10.8. The second-order valence-corrected chi connectivity index (χ2v) is 3.21. The second kappa shape index (κ2) is 9.23. The first kappa shape index (κ1) is 12.1. The van der Waals surface area contributed by atoms with Crippen LogP contribution in [0.3, 0.4) is 0 Å². The standard InChI is InChI=1S/C10H20N2O/c1-2-3-4-5-6-7-8-9-12-10(11)13/h9H,2-8H2,1H3,(H2,11,13). The Morgan fingerprint density at radius 2 is 1.85 bits per heavy atom. The van der Waals surface area contributed by atoms with Gasteiger partial charge < -0.3 is 5.73 Å². The molecule has 0 saturated heterocycles. The number of urea groups is 1. The van der Waals surface area contributed by atoms with E-state index in [0.29, 0.717) is 0 Å². The van der Waals surface area contributed by atoms with Crippen molar-refractivity contribution >= 4 is 12.2 Å². The van der Waals surface area contributed by atoms with Crippen molar-refractivity contribution in [3.8, 4) is 0 Å². The number of unbranched alkanes of at least 4 members (excludes halogenated alkanes) is 6. The minimum atomic E-state index is -0.592. The molecule has 0 unspecified atom stereocenters. The molecule has 0 aliphatic rings. The SMILES string of the molecule is CCCCCCCCC=NC(N)=O. The van der Waals surface area contributed by atoms with E-state index in [9.17, 15) is 4.79 Å². The Hall–Kier alpha value is -0.860. The van der Waals surface area contributed by atoms with Crippen molar-refractivity contribution in [2.24, 2.45) is 10.7 Å². The van der Waals surface area contributed by atoms with Gasteiger partial charge in [0.25, 0.3) is 0 Å². The first-order chi connectivity index (χ1) is 6.27. The molecule has 2 N–H and O–H groups in total. The predicted octanol–water partition coefficient (Wildman–Crippen LogP) is 2.89. The fraction of sp³-hybridized carbons (Fsp3) is 0.800. The first-order valence-electron chi connectivity index (χ1n) is 5.09. The van der Waals surface area contributed by atoms with Gasteiger partial charge in [-0.2, -0.15) is 0 Å². The largest absolute Gasteiger partial charge is 0.350 e. The van der Waals surface area contributed by atoms with E-state index in [1.807, 2.05) is 0 Å². The van der Waals surface area contributed by atoms with Gasteiger partial charge in [-0.25, -0.2) is 9.79 Å². The van der Waals surface area contributed by atoms with E-state index < -0.39 is 6.03 Å². The van der Waals surface area contributed by atoms with E-state index >= 15 is 0 Å². The van der Waals surface area contributed by atoms with E-state index in [-0.39, 0.29) is 0 Å². The Bertz CT molecular complexity index is 155. The Kier molecular flexibility index (Phi) is 8.62. The molecule has 76 valence electrons. The van der Waals surface area contributed by atoms with Crippen LogP contribution in [0.4, 0.5) is 4.79 Å². The van der Waals surface area contributed by atoms with E-state index in [4.69, 9.17) is 5.73 Å². The highest BCUT2D eigenvalue weighted by Crippen LogP contribution is 2.05. The first-order valence-corrected chi connectivity index (χ1v) is 5.09. The number of nitrogens with zero attached hydrogens (tertiary/aromatic N) is 1. The zero-order valence-corrected chi connectivity index (χ0v) is 8.46. The summed E-state index contributed by atoms with van der Waals surface area (Å²) >= 11 is 0. The molecule has 3 heteroatoms. The van der Waals surface area contributed by atoms with Crippen molar-refractivity contribution in [3.63, 3.8) is 0 Å². The van der Waals surface area contributed by atoms with Crippen LogP contribution in [0.25, 0.3) is 0 Å². The Morgan fingerprint density at radius 3 is 2.46 bits per heavy atom. The summed E-state index contributed by atoms with van der Waals surface area (Å²) in [6.45, 7) is 2.21. The molecule has 0 bridgehead atoms. The average Bonchev–Trinajstić information content (AvgIpc) is 2.09. The number of rotatable bonds is 7. The number of carbonyl (C=O) groups is 1. The highest BCUT2D eigenvalue weighted by molar-refractivity contribution is 5.81. The summed E-state index contributed by atoms with van der Waals surface area (Å²) in [7, 11) is 0. The van der Waals surface area contributed by atoms with Crippen LogP contribution in [0.1, 0.15) is 51.9 Å². The van der Waals surface area contributed by atoms with Gasteiger partial charge in [0.1, 0.15) is 0 Å². The number of hydrogen-bond donors (Lipinski definition) is 1. The minimum absolute atomic E-state index is 0.592. The summed E-state index contributed by atoms with van der Waals surface area (Å²) in [5.74, 6) is 0. The molecule has 0 rings (SSSR count). The molecule has 13 heavy (non-hydrogen) atoms. The Labute approximate surface area is 80.4 Å². The van der Waals surface area contributed by atoms with Gasteiger partial charge in [-0.05, 0) is 12.8 Å². The van der Waals surface area contributed by atoms with Gasteiger partial charge in [0.2, 0.25) is 0 Å². The fourth-order valence-corrected chi connectivity index (χ4v) is 1.17. The number of hydrogen-bond acceptors (Lipinski definition) is 1. The van der Waals surface area contributed by atoms with Crippen molar-refractivity contribution in [1.29, 1.82) is 0 Å². The van der Waals surface area contributed by atoms with Crippen molar-refractivity contribution in [1.82, 2.24) is 0 Å². The van der Waals surface area contributed by atoms with E-state index in [1.165, 1.54) is 32.1 Å². The summed E-state index contributed by atoms with van der Waals surface area (Å²) in [5, 5.41) is 0. The molecule has 0 fully saturated rings. The van der Waals surface area contributed by atoms with Gasteiger partial charge in [-0.15, -0.1) is 0 Å². The zero-order valence-electron chi connectivity index (χ0n) is 8.46. The number of nitrogens with two attached hydrogens (primary N) is 1. The monoisotopic (exact) mass is 184 g/mol. The van der Waals surface area contributed by atoms with Crippen LogP contribution in [-0.2, 0) is 0 Å². The lowest BCUT2D eigenvalue weighted by Gasteiger charge is -1.96. The minimum Gasteiger partial charge on any atom is -0.350 e. The highest BCUT2D eigenvalue weighted by atomic mass is 16.2. The maximum Gasteiger partial charge on any atom is 0.337 e. The molecule has 0 aromatic heterocycles. The van der Waals surface area contributed by atoms with E-state index in [2.05, 4.69) is 11.9 Å². The lowest BCUT2D eigenvalue weighted by molar-refractivity contribution is 0.257. The summed E-state index contributed by atoms with van der Waals surface area (Å²) in [6.07, 6.45) is 10.0. The fourth-order valence-electron chi connectivity index (χ4n) is 1.17. The van der Waals surface area contributed by atoms with Crippen LogP contribution >= 0.6 is 0 Å². The zero-order chi connectivity index (χ0) is 9.94. The molecule has 0 aliphatic carbocycles. The third kappa shape index (κ3) is 11.1. The van der Waals surface area contributed by atoms with Crippen LogP contribution in [0.5, 0.6) is 0 Å². The van der Waals surface area contributed by atoms with E-state index in [0.717, 1.165) is 12.8 Å². The number of carbonyl (C=O) groups excluding carboxylic acids is 1. The summed E-state index contributed by atoms with van der Waals surface area (Å²) in [4.78, 5) is 13.7.